The van der Waals surface area contributed by atoms with Gasteiger partial charge in [-0.25, -0.2) is 0 Å². The fraction of sp³-hybridized carbons (Fsp3) is 0.160. The van der Waals surface area contributed by atoms with Crippen LogP contribution in [0.15, 0.2) is 54.6 Å². The molecule has 6 rings (SSSR count). The molecule has 0 amide bonds. The summed E-state index contributed by atoms with van der Waals surface area (Å²) in [4.78, 5) is 13.3. The normalized spacial score (nSPS) is 19.3. The standard InChI is InChI=1S/C25H18O5/c1-29-20-12-21-23(18-5-2-13-10-15(26)3-6-17(13)22(18)20)25(24(28)30-21)9-8-14-11-16(27)4-7-19(14)25/h2-7,10-12,26-27H,8-9H2,1H3/t25-/m1/s1. The number of aromatic hydroxyl groups is 2. The lowest BCUT2D eigenvalue weighted by Gasteiger charge is -2.23. The number of phenolic OH excluding ortho intramolecular Hbond substituents is 2. The maximum atomic E-state index is 13.3. The second-order valence-corrected chi connectivity index (χ2v) is 7.98. The average Bonchev–Trinajstić information content (AvgIpc) is 3.25. The summed E-state index contributed by atoms with van der Waals surface area (Å²) < 4.78 is 11.5. The van der Waals surface area contributed by atoms with Gasteiger partial charge >= 0.3 is 5.97 Å². The molecule has 30 heavy (non-hydrogen) atoms. The van der Waals surface area contributed by atoms with E-state index >= 15 is 0 Å². The van der Waals surface area contributed by atoms with Crippen LogP contribution in [0.2, 0.25) is 0 Å². The fourth-order valence-corrected chi connectivity index (χ4v) is 5.29. The van der Waals surface area contributed by atoms with Crippen molar-refractivity contribution in [1.82, 2.24) is 0 Å². The summed E-state index contributed by atoms with van der Waals surface area (Å²) in [5.74, 6) is 1.24. The summed E-state index contributed by atoms with van der Waals surface area (Å²) in [6, 6.07) is 16.1. The van der Waals surface area contributed by atoms with Gasteiger partial charge in [0.15, 0.2) is 0 Å². The van der Waals surface area contributed by atoms with Gasteiger partial charge in [-0.15, -0.1) is 0 Å². The van der Waals surface area contributed by atoms with Crippen LogP contribution in [0.3, 0.4) is 0 Å². The lowest BCUT2D eigenvalue weighted by Crippen LogP contribution is -2.32. The topological polar surface area (TPSA) is 76.0 Å². The van der Waals surface area contributed by atoms with E-state index in [0.29, 0.717) is 24.3 Å². The molecule has 148 valence electrons. The van der Waals surface area contributed by atoms with Gasteiger partial charge in [0, 0.05) is 17.0 Å². The van der Waals surface area contributed by atoms with Gasteiger partial charge in [-0.05, 0) is 70.5 Å². The largest absolute Gasteiger partial charge is 0.508 e. The number of hydrogen-bond acceptors (Lipinski definition) is 5. The van der Waals surface area contributed by atoms with Crippen molar-refractivity contribution in [3.8, 4) is 23.0 Å². The maximum Gasteiger partial charge on any atom is 0.326 e. The number of benzene rings is 4. The predicted molar refractivity (Wildman–Crippen MR) is 113 cm³/mol. The second kappa shape index (κ2) is 5.66. The molecule has 4 aromatic rings. The van der Waals surface area contributed by atoms with Gasteiger partial charge < -0.3 is 19.7 Å². The number of fused-ring (bicyclic) bond motifs is 8. The lowest BCUT2D eigenvalue weighted by molar-refractivity contribution is -0.136. The molecule has 0 saturated carbocycles. The lowest BCUT2D eigenvalue weighted by atomic mass is 9.74. The van der Waals surface area contributed by atoms with Crippen molar-refractivity contribution in [2.45, 2.75) is 18.3 Å². The Morgan fingerprint density at radius 3 is 2.57 bits per heavy atom. The number of carbonyl (C=O) groups is 1. The Bertz CT molecular complexity index is 1400. The van der Waals surface area contributed by atoms with E-state index in [2.05, 4.69) is 0 Å². The predicted octanol–water partition coefficient (Wildman–Crippen LogP) is 4.56. The van der Waals surface area contributed by atoms with E-state index in [1.165, 1.54) is 0 Å². The van der Waals surface area contributed by atoms with Crippen LogP contribution >= 0.6 is 0 Å². The zero-order chi connectivity index (χ0) is 20.6. The van der Waals surface area contributed by atoms with Crippen LogP contribution in [0.25, 0.3) is 21.5 Å². The third kappa shape index (κ3) is 1.99. The summed E-state index contributed by atoms with van der Waals surface area (Å²) in [6.45, 7) is 0. The molecule has 1 aliphatic carbocycles. The smallest absolute Gasteiger partial charge is 0.326 e. The molecule has 5 nitrogen and oxygen atoms in total. The first-order valence-corrected chi connectivity index (χ1v) is 9.84. The first-order valence-electron chi connectivity index (χ1n) is 9.84. The fourth-order valence-electron chi connectivity index (χ4n) is 5.29. The van der Waals surface area contributed by atoms with Crippen LogP contribution in [0, 0.1) is 0 Å². The van der Waals surface area contributed by atoms with E-state index in [9.17, 15) is 15.0 Å². The van der Waals surface area contributed by atoms with E-state index in [4.69, 9.17) is 9.47 Å². The molecule has 0 radical (unpaired) electrons. The Balaban J connectivity index is 1.76. The van der Waals surface area contributed by atoms with Gasteiger partial charge in [-0.1, -0.05) is 18.2 Å². The van der Waals surface area contributed by atoms with Gasteiger partial charge in [0.1, 0.15) is 28.4 Å². The van der Waals surface area contributed by atoms with Crippen molar-refractivity contribution in [1.29, 1.82) is 0 Å². The molecule has 1 aliphatic heterocycles. The highest BCUT2D eigenvalue weighted by Gasteiger charge is 2.55. The summed E-state index contributed by atoms with van der Waals surface area (Å²) in [5, 5.41) is 23.4. The SMILES string of the molecule is COc1cc2c(c3ccc4cc(O)ccc4c13)[C@]1(CCc3cc(O)ccc31)C(=O)O2. The second-order valence-electron chi connectivity index (χ2n) is 7.98. The summed E-state index contributed by atoms with van der Waals surface area (Å²) in [5.41, 5.74) is 1.81. The first-order chi connectivity index (χ1) is 14.5. The summed E-state index contributed by atoms with van der Waals surface area (Å²) in [6.07, 6.45) is 1.28. The highest BCUT2D eigenvalue weighted by molar-refractivity contribution is 6.15. The van der Waals surface area contributed by atoms with Crippen molar-refractivity contribution in [3.63, 3.8) is 0 Å². The Kier molecular flexibility index (Phi) is 3.24. The summed E-state index contributed by atoms with van der Waals surface area (Å²) >= 11 is 0. The molecule has 1 heterocycles. The quantitative estimate of drug-likeness (QED) is 0.279. The molecule has 2 aliphatic rings. The molecule has 0 saturated heterocycles. The monoisotopic (exact) mass is 398 g/mol. The molecule has 0 unspecified atom stereocenters. The molecule has 0 aromatic heterocycles. The third-order valence-electron chi connectivity index (χ3n) is 6.54. The van der Waals surface area contributed by atoms with Crippen LogP contribution in [-0.4, -0.2) is 23.3 Å². The molecule has 1 spiro atoms. The van der Waals surface area contributed by atoms with E-state index in [0.717, 1.165) is 38.2 Å². The number of esters is 1. The Morgan fingerprint density at radius 2 is 1.73 bits per heavy atom. The van der Waals surface area contributed by atoms with E-state index in [-0.39, 0.29) is 17.5 Å². The minimum Gasteiger partial charge on any atom is -0.508 e. The number of rotatable bonds is 1. The van der Waals surface area contributed by atoms with Crippen molar-refractivity contribution < 1.29 is 24.5 Å². The highest BCUT2D eigenvalue weighted by atomic mass is 16.5. The molecule has 2 N–H and O–H groups in total. The molecular weight excluding hydrogens is 380 g/mol. The van der Waals surface area contributed by atoms with Crippen LogP contribution in [-0.2, 0) is 16.6 Å². The molecule has 4 aromatic carbocycles. The molecular formula is C25H18O5. The van der Waals surface area contributed by atoms with Gasteiger partial charge in [-0.2, -0.15) is 0 Å². The third-order valence-corrected chi connectivity index (χ3v) is 6.54. The molecule has 1 atom stereocenters. The number of aryl methyl sites for hydroxylation is 1. The number of phenols is 2. The van der Waals surface area contributed by atoms with Crippen LogP contribution in [0.4, 0.5) is 0 Å². The van der Waals surface area contributed by atoms with Crippen molar-refractivity contribution in [2.75, 3.05) is 7.11 Å². The van der Waals surface area contributed by atoms with E-state index in [1.54, 1.807) is 37.4 Å². The van der Waals surface area contributed by atoms with Crippen molar-refractivity contribution in [2.24, 2.45) is 0 Å². The Morgan fingerprint density at radius 1 is 0.967 bits per heavy atom. The number of hydrogen-bond donors (Lipinski definition) is 2. The number of carbonyl (C=O) groups excluding carboxylic acids is 1. The molecule has 0 fully saturated rings. The van der Waals surface area contributed by atoms with E-state index in [1.807, 2.05) is 24.3 Å². The minimum atomic E-state index is -0.895. The Hall–Kier alpha value is -3.73. The number of methoxy groups -OCH3 is 1. The molecule has 0 bridgehead atoms. The zero-order valence-electron chi connectivity index (χ0n) is 16.2. The van der Waals surface area contributed by atoms with Crippen LogP contribution in [0.5, 0.6) is 23.0 Å². The van der Waals surface area contributed by atoms with Crippen LogP contribution in [0.1, 0.15) is 23.1 Å². The van der Waals surface area contributed by atoms with Crippen molar-refractivity contribution >= 4 is 27.5 Å². The van der Waals surface area contributed by atoms with Gasteiger partial charge in [-0.3, -0.25) is 4.79 Å². The van der Waals surface area contributed by atoms with E-state index < -0.39 is 5.41 Å². The van der Waals surface area contributed by atoms with Gasteiger partial charge in [0.25, 0.3) is 0 Å². The maximum absolute atomic E-state index is 13.3. The highest BCUT2D eigenvalue weighted by Crippen LogP contribution is 2.56. The zero-order valence-corrected chi connectivity index (χ0v) is 16.2. The van der Waals surface area contributed by atoms with Crippen molar-refractivity contribution in [3.05, 3.63) is 71.3 Å². The average molecular weight is 398 g/mol. The summed E-state index contributed by atoms with van der Waals surface area (Å²) in [7, 11) is 1.60. The first kappa shape index (κ1) is 17.2. The Labute approximate surface area is 172 Å². The van der Waals surface area contributed by atoms with Gasteiger partial charge in [0.2, 0.25) is 0 Å². The minimum absolute atomic E-state index is 0.196. The van der Waals surface area contributed by atoms with Gasteiger partial charge in [0.05, 0.1) is 7.11 Å². The molecule has 5 heteroatoms. The number of ether oxygens (including phenoxy) is 2. The van der Waals surface area contributed by atoms with Crippen LogP contribution < -0.4 is 9.47 Å².